The van der Waals surface area contributed by atoms with Crippen molar-refractivity contribution in [1.29, 1.82) is 0 Å². The molecule has 0 unspecified atom stereocenters. The first-order chi connectivity index (χ1) is 19.9. The lowest BCUT2D eigenvalue weighted by Crippen LogP contribution is -2.25. The number of benzene rings is 5. The van der Waals surface area contributed by atoms with Crippen molar-refractivity contribution >= 4 is 23.1 Å². The van der Waals surface area contributed by atoms with Crippen molar-refractivity contribution in [1.82, 2.24) is 15.0 Å². The Morgan fingerprint density at radius 2 is 0.927 bits per heavy atom. The van der Waals surface area contributed by atoms with Crippen molar-refractivity contribution in [3.63, 3.8) is 0 Å². The zero-order valence-electron chi connectivity index (χ0n) is 21.5. The van der Waals surface area contributed by atoms with Crippen LogP contribution in [-0.2, 0) is 4.57 Å². The third kappa shape index (κ3) is 5.20. The zero-order valence-corrected chi connectivity index (χ0v) is 22.3. The largest absolute Gasteiger partial charge is 0.309 e. The molecule has 1 heterocycles. The topological polar surface area (TPSA) is 55.7 Å². The Morgan fingerprint density at radius 3 is 1.49 bits per heavy atom. The lowest BCUT2D eigenvalue weighted by atomic mass is 10.1. The Hall–Kier alpha value is -4.87. The van der Waals surface area contributed by atoms with Crippen LogP contribution in [0.5, 0.6) is 0 Å². The summed E-state index contributed by atoms with van der Waals surface area (Å²) in [5, 5.41) is 1.92. The number of hydrogen-bond donors (Lipinski definition) is 0. The summed E-state index contributed by atoms with van der Waals surface area (Å²) >= 11 is 0. The summed E-state index contributed by atoms with van der Waals surface area (Å²) in [5.74, 6) is -1.90. The molecule has 41 heavy (non-hydrogen) atoms. The molecule has 0 saturated heterocycles. The summed E-state index contributed by atoms with van der Waals surface area (Å²) < 4.78 is 56.4. The number of aromatic nitrogens is 3. The standard InChI is InChI=1S/C33H21F3N3OP/c34-25-17-14-22(15-18-25)31-37-32(39-33(38-31)24-16-19-29(35)30(36)21-24)23-8-7-13-28(20-23)41(40,26-9-3-1-4-10-26)27-11-5-2-6-12-27/h1-21H. The molecule has 0 radical (unpaired) electrons. The van der Waals surface area contributed by atoms with Crippen LogP contribution in [0.3, 0.4) is 0 Å². The second kappa shape index (κ2) is 11.0. The molecule has 0 saturated carbocycles. The second-order valence-electron chi connectivity index (χ2n) is 9.27. The fourth-order valence-corrected chi connectivity index (χ4v) is 7.26. The van der Waals surface area contributed by atoms with E-state index >= 15 is 0 Å². The minimum absolute atomic E-state index is 0.105. The first-order valence-electron chi connectivity index (χ1n) is 12.7. The minimum atomic E-state index is -3.29. The molecule has 0 spiro atoms. The van der Waals surface area contributed by atoms with E-state index in [2.05, 4.69) is 15.0 Å². The van der Waals surface area contributed by atoms with Gasteiger partial charge in [-0.25, -0.2) is 28.1 Å². The van der Waals surface area contributed by atoms with E-state index < -0.39 is 24.6 Å². The molecule has 0 aliphatic carbocycles. The molecule has 0 atom stereocenters. The predicted octanol–water partition coefficient (Wildman–Crippen LogP) is 6.93. The molecule has 4 nitrogen and oxygen atoms in total. The van der Waals surface area contributed by atoms with Crippen molar-refractivity contribution < 1.29 is 17.7 Å². The summed E-state index contributed by atoms with van der Waals surface area (Å²) in [6, 6.07) is 34.7. The fraction of sp³-hybridized carbons (Fsp3) is 0. The Kier molecular flexibility index (Phi) is 7.04. The van der Waals surface area contributed by atoms with Crippen molar-refractivity contribution in [2.45, 2.75) is 0 Å². The van der Waals surface area contributed by atoms with Gasteiger partial charge in [-0.15, -0.1) is 0 Å². The summed E-state index contributed by atoms with van der Waals surface area (Å²) in [4.78, 5) is 13.7. The van der Waals surface area contributed by atoms with Gasteiger partial charge in [0.2, 0.25) is 0 Å². The van der Waals surface area contributed by atoms with Crippen LogP contribution in [0.4, 0.5) is 13.2 Å². The van der Waals surface area contributed by atoms with Crippen LogP contribution in [0, 0.1) is 17.5 Å². The number of nitrogens with zero attached hydrogens (tertiary/aromatic N) is 3. The maximum absolute atomic E-state index is 14.9. The van der Waals surface area contributed by atoms with Crippen molar-refractivity contribution in [3.05, 3.63) is 145 Å². The quantitative estimate of drug-likeness (QED) is 0.206. The van der Waals surface area contributed by atoms with Crippen molar-refractivity contribution in [3.8, 4) is 34.2 Å². The van der Waals surface area contributed by atoms with Crippen LogP contribution in [0.2, 0.25) is 0 Å². The predicted molar refractivity (Wildman–Crippen MR) is 155 cm³/mol. The highest BCUT2D eigenvalue weighted by atomic mass is 31.2. The highest BCUT2D eigenvalue weighted by molar-refractivity contribution is 7.85. The molecular weight excluding hydrogens is 542 g/mol. The third-order valence-corrected chi connectivity index (χ3v) is 9.68. The lowest BCUT2D eigenvalue weighted by molar-refractivity contribution is 0.509. The van der Waals surface area contributed by atoms with E-state index in [1.165, 1.54) is 30.3 Å². The first-order valence-corrected chi connectivity index (χ1v) is 14.4. The molecule has 0 amide bonds. The van der Waals surface area contributed by atoms with Gasteiger partial charge >= 0.3 is 0 Å². The van der Waals surface area contributed by atoms with Crippen LogP contribution in [0.15, 0.2) is 127 Å². The Balaban J connectivity index is 1.54. The number of halogens is 3. The molecule has 5 aromatic carbocycles. The molecule has 0 N–H and O–H groups in total. The Morgan fingerprint density at radius 1 is 0.439 bits per heavy atom. The van der Waals surface area contributed by atoms with Crippen LogP contribution < -0.4 is 15.9 Å². The zero-order chi connectivity index (χ0) is 28.4. The van der Waals surface area contributed by atoms with Crippen LogP contribution >= 0.6 is 7.14 Å². The molecule has 0 aliphatic heterocycles. The molecule has 1 aromatic heterocycles. The first kappa shape index (κ1) is 26.4. The lowest BCUT2D eigenvalue weighted by Gasteiger charge is -2.20. The van der Waals surface area contributed by atoms with Crippen LogP contribution in [0.1, 0.15) is 0 Å². The van der Waals surface area contributed by atoms with Gasteiger partial charge in [0, 0.05) is 32.6 Å². The summed E-state index contributed by atoms with van der Waals surface area (Å²) in [6.07, 6.45) is 0. The molecular formula is C33H21F3N3OP. The maximum atomic E-state index is 14.9. The van der Waals surface area contributed by atoms with E-state index in [9.17, 15) is 17.7 Å². The van der Waals surface area contributed by atoms with Gasteiger partial charge in [0.05, 0.1) is 0 Å². The number of rotatable bonds is 6. The van der Waals surface area contributed by atoms with Crippen molar-refractivity contribution in [2.24, 2.45) is 0 Å². The average Bonchev–Trinajstić information content (AvgIpc) is 3.03. The molecule has 8 heteroatoms. The molecule has 200 valence electrons. The smallest absolute Gasteiger partial charge is 0.171 e. The van der Waals surface area contributed by atoms with E-state index in [-0.39, 0.29) is 23.0 Å². The number of hydrogen-bond acceptors (Lipinski definition) is 4. The van der Waals surface area contributed by atoms with E-state index in [1.807, 2.05) is 66.7 Å². The fourth-order valence-electron chi connectivity index (χ4n) is 4.56. The summed E-state index contributed by atoms with van der Waals surface area (Å²) in [7, 11) is -3.29. The average molecular weight is 564 g/mol. The SMILES string of the molecule is O=P(c1ccccc1)(c1ccccc1)c1cccc(-c2nc(-c3ccc(F)cc3)nc(-c3ccc(F)c(F)c3)n2)c1. The van der Waals surface area contributed by atoms with E-state index in [1.54, 1.807) is 18.2 Å². The van der Waals surface area contributed by atoms with E-state index in [0.717, 1.165) is 12.1 Å². The van der Waals surface area contributed by atoms with Gasteiger partial charge in [0.15, 0.2) is 36.2 Å². The van der Waals surface area contributed by atoms with Gasteiger partial charge < -0.3 is 4.57 Å². The van der Waals surface area contributed by atoms with Gasteiger partial charge in [0.25, 0.3) is 0 Å². The maximum Gasteiger partial charge on any atom is 0.171 e. The minimum Gasteiger partial charge on any atom is -0.309 e. The van der Waals surface area contributed by atoms with E-state index in [0.29, 0.717) is 27.0 Å². The molecule has 6 rings (SSSR count). The van der Waals surface area contributed by atoms with Gasteiger partial charge in [0.1, 0.15) is 5.82 Å². The molecule has 0 bridgehead atoms. The molecule has 0 aliphatic rings. The van der Waals surface area contributed by atoms with Gasteiger partial charge in [-0.3, -0.25) is 0 Å². The second-order valence-corrected chi connectivity index (χ2v) is 12.0. The highest BCUT2D eigenvalue weighted by Gasteiger charge is 2.30. The summed E-state index contributed by atoms with van der Waals surface area (Å²) in [6.45, 7) is 0. The van der Waals surface area contributed by atoms with Crippen molar-refractivity contribution in [2.75, 3.05) is 0 Å². The van der Waals surface area contributed by atoms with Gasteiger partial charge in [-0.2, -0.15) is 0 Å². The molecule has 0 fully saturated rings. The normalized spacial score (nSPS) is 11.4. The summed E-state index contributed by atoms with van der Waals surface area (Å²) in [5.41, 5.74) is 1.30. The van der Waals surface area contributed by atoms with Gasteiger partial charge in [-0.1, -0.05) is 78.9 Å². The van der Waals surface area contributed by atoms with Crippen LogP contribution in [0.25, 0.3) is 34.2 Å². The monoisotopic (exact) mass is 563 g/mol. The Bertz CT molecular complexity index is 1860. The Labute approximate surface area is 234 Å². The van der Waals surface area contributed by atoms with E-state index in [4.69, 9.17) is 0 Å². The highest BCUT2D eigenvalue weighted by Crippen LogP contribution is 2.43. The van der Waals surface area contributed by atoms with Crippen LogP contribution in [-0.4, -0.2) is 15.0 Å². The molecule has 6 aromatic rings. The van der Waals surface area contributed by atoms with Gasteiger partial charge in [-0.05, 0) is 48.5 Å². The third-order valence-electron chi connectivity index (χ3n) is 6.62.